The summed E-state index contributed by atoms with van der Waals surface area (Å²) in [6.45, 7) is 4.56. The van der Waals surface area contributed by atoms with Crippen LogP contribution in [0.3, 0.4) is 0 Å². The second-order valence-electron chi connectivity index (χ2n) is 8.90. The van der Waals surface area contributed by atoms with Gasteiger partial charge in [-0.15, -0.1) is 0 Å². The molecule has 0 spiro atoms. The normalized spacial score (nSPS) is 13.5. The average molecular weight is 550 g/mol. The van der Waals surface area contributed by atoms with Crippen LogP contribution >= 0.6 is 34.8 Å². The van der Waals surface area contributed by atoms with Gasteiger partial charge in [-0.25, -0.2) is 0 Å². The number of nitrogens with zero attached hydrogens (tertiary/aromatic N) is 4. The predicted molar refractivity (Wildman–Crippen MR) is 150 cm³/mol. The number of hydrogen-bond acceptors (Lipinski definition) is 3. The number of aromatic nitrogens is 1. The van der Waals surface area contributed by atoms with E-state index in [1.807, 2.05) is 77.1 Å². The molecule has 1 fully saturated rings. The van der Waals surface area contributed by atoms with Crippen molar-refractivity contribution in [1.29, 1.82) is 5.26 Å². The fraction of sp³-hybridized carbons (Fsp3) is 0.172. The van der Waals surface area contributed by atoms with E-state index in [-0.39, 0.29) is 5.91 Å². The van der Waals surface area contributed by atoms with Crippen LogP contribution in [0.4, 0.5) is 5.69 Å². The summed E-state index contributed by atoms with van der Waals surface area (Å²) in [6, 6.07) is 24.5. The molecule has 0 bridgehead atoms. The topological polar surface area (TPSA) is 52.3 Å². The summed E-state index contributed by atoms with van der Waals surface area (Å²) in [6.07, 6.45) is 0. The monoisotopic (exact) mass is 548 g/mol. The van der Waals surface area contributed by atoms with Crippen LogP contribution in [0, 0.1) is 18.3 Å². The number of nitriles is 1. The number of benzene rings is 3. The number of hydrogen-bond donors (Lipinski definition) is 0. The van der Waals surface area contributed by atoms with Gasteiger partial charge < -0.3 is 14.4 Å². The molecule has 2 heterocycles. The summed E-state index contributed by atoms with van der Waals surface area (Å²) in [7, 11) is 0. The molecule has 0 unspecified atom stereocenters. The third-order valence-corrected chi connectivity index (χ3v) is 7.49. The first-order valence-electron chi connectivity index (χ1n) is 11.8. The second-order valence-corrected chi connectivity index (χ2v) is 10.2. The third kappa shape index (κ3) is 5.06. The standard InChI is InChI=1S/C29H23Cl3N4O/c1-19-25(29(37)35-14-12-34(13-15-35)24-9-2-20(18-33)3-10-24)17-28(21-4-6-22(30)7-5-21)36(19)27-11-8-23(31)16-26(27)32/h2-11,16-17H,12-15H2,1H3. The molecule has 186 valence electrons. The molecule has 0 atom stereocenters. The van der Waals surface area contributed by atoms with Gasteiger partial charge in [-0.05, 0) is 73.2 Å². The number of rotatable bonds is 4. The fourth-order valence-corrected chi connectivity index (χ4v) is 5.33. The Kier molecular flexibility index (Phi) is 7.17. The molecule has 1 aliphatic heterocycles. The molecule has 3 aromatic carbocycles. The maximum Gasteiger partial charge on any atom is 0.255 e. The number of piperazine rings is 1. The lowest BCUT2D eigenvalue weighted by atomic mass is 10.1. The lowest BCUT2D eigenvalue weighted by molar-refractivity contribution is 0.0746. The van der Waals surface area contributed by atoms with Gasteiger partial charge in [-0.3, -0.25) is 4.79 Å². The predicted octanol–water partition coefficient (Wildman–Crippen LogP) is 7.25. The van der Waals surface area contributed by atoms with E-state index in [0.717, 1.165) is 28.3 Å². The Morgan fingerprint density at radius 2 is 1.49 bits per heavy atom. The van der Waals surface area contributed by atoms with Crippen molar-refractivity contribution in [3.05, 3.63) is 105 Å². The van der Waals surface area contributed by atoms with Crippen molar-refractivity contribution in [3.8, 4) is 23.0 Å². The van der Waals surface area contributed by atoms with E-state index in [2.05, 4.69) is 11.0 Å². The highest BCUT2D eigenvalue weighted by Gasteiger charge is 2.27. The summed E-state index contributed by atoms with van der Waals surface area (Å²) in [5.41, 5.74) is 5.63. The quantitative estimate of drug-likeness (QED) is 0.269. The smallest absolute Gasteiger partial charge is 0.255 e. The Morgan fingerprint density at radius 3 is 2.11 bits per heavy atom. The number of carbonyl (C=O) groups excluding carboxylic acids is 1. The Hall–Kier alpha value is -3.43. The fourth-order valence-electron chi connectivity index (χ4n) is 4.71. The van der Waals surface area contributed by atoms with E-state index < -0.39 is 0 Å². The summed E-state index contributed by atoms with van der Waals surface area (Å²) >= 11 is 18.9. The van der Waals surface area contributed by atoms with Gasteiger partial charge >= 0.3 is 0 Å². The van der Waals surface area contributed by atoms with Crippen LogP contribution in [-0.2, 0) is 0 Å². The summed E-state index contributed by atoms with van der Waals surface area (Å²) in [5, 5.41) is 10.7. The number of halogens is 3. The van der Waals surface area contributed by atoms with Crippen LogP contribution in [0.5, 0.6) is 0 Å². The van der Waals surface area contributed by atoms with E-state index in [0.29, 0.717) is 52.4 Å². The first kappa shape index (κ1) is 25.2. The molecule has 4 aromatic rings. The maximum absolute atomic E-state index is 13.8. The van der Waals surface area contributed by atoms with Gasteiger partial charge in [0.1, 0.15) is 0 Å². The minimum Gasteiger partial charge on any atom is -0.368 e. The summed E-state index contributed by atoms with van der Waals surface area (Å²) in [5.74, 6) is -0.0176. The van der Waals surface area contributed by atoms with Crippen LogP contribution in [0.2, 0.25) is 15.1 Å². The van der Waals surface area contributed by atoms with Gasteiger partial charge in [0.15, 0.2) is 0 Å². The van der Waals surface area contributed by atoms with Crippen molar-refractivity contribution in [2.24, 2.45) is 0 Å². The highest BCUT2D eigenvalue weighted by Crippen LogP contribution is 2.35. The zero-order valence-electron chi connectivity index (χ0n) is 20.1. The van der Waals surface area contributed by atoms with Crippen molar-refractivity contribution >= 4 is 46.4 Å². The largest absolute Gasteiger partial charge is 0.368 e. The molecule has 0 saturated carbocycles. The van der Waals surface area contributed by atoms with Gasteiger partial charge in [0, 0.05) is 47.6 Å². The van der Waals surface area contributed by atoms with Crippen LogP contribution in [0.15, 0.2) is 72.8 Å². The molecule has 1 aliphatic rings. The molecule has 37 heavy (non-hydrogen) atoms. The summed E-state index contributed by atoms with van der Waals surface area (Å²) < 4.78 is 2.00. The van der Waals surface area contributed by atoms with Crippen LogP contribution in [0.1, 0.15) is 21.6 Å². The number of carbonyl (C=O) groups is 1. The van der Waals surface area contributed by atoms with Crippen LogP contribution in [-0.4, -0.2) is 41.6 Å². The maximum atomic E-state index is 13.8. The zero-order valence-corrected chi connectivity index (χ0v) is 22.4. The van der Waals surface area contributed by atoms with Gasteiger partial charge in [0.2, 0.25) is 0 Å². The van der Waals surface area contributed by atoms with Crippen molar-refractivity contribution in [2.75, 3.05) is 31.1 Å². The Balaban J connectivity index is 1.46. The lowest BCUT2D eigenvalue weighted by Crippen LogP contribution is -2.48. The zero-order chi connectivity index (χ0) is 26.1. The number of amides is 1. The highest BCUT2D eigenvalue weighted by molar-refractivity contribution is 6.35. The van der Waals surface area contributed by atoms with Gasteiger partial charge in [0.25, 0.3) is 5.91 Å². The van der Waals surface area contributed by atoms with E-state index in [9.17, 15) is 4.79 Å². The molecule has 5 rings (SSSR count). The Bertz CT molecular complexity index is 1500. The van der Waals surface area contributed by atoms with Crippen LogP contribution < -0.4 is 4.90 Å². The molecule has 1 saturated heterocycles. The molecular weight excluding hydrogens is 527 g/mol. The minimum atomic E-state index is -0.0176. The van der Waals surface area contributed by atoms with Crippen molar-refractivity contribution < 1.29 is 4.79 Å². The molecule has 5 nitrogen and oxygen atoms in total. The minimum absolute atomic E-state index is 0.0176. The Morgan fingerprint density at radius 1 is 0.838 bits per heavy atom. The number of anilines is 1. The molecular formula is C29H23Cl3N4O. The van der Waals surface area contributed by atoms with E-state index in [1.165, 1.54) is 0 Å². The molecule has 1 aromatic heterocycles. The van der Waals surface area contributed by atoms with Crippen molar-refractivity contribution in [3.63, 3.8) is 0 Å². The van der Waals surface area contributed by atoms with E-state index >= 15 is 0 Å². The highest BCUT2D eigenvalue weighted by atomic mass is 35.5. The van der Waals surface area contributed by atoms with Crippen LogP contribution in [0.25, 0.3) is 16.9 Å². The van der Waals surface area contributed by atoms with E-state index in [1.54, 1.807) is 12.1 Å². The molecule has 8 heteroatoms. The first-order valence-corrected chi connectivity index (χ1v) is 13.0. The molecule has 0 aliphatic carbocycles. The summed E-state index contributed by atoms with van der Waals surface area (Å²) in [4.78, 5) is 17.9. The van der Waals surface area contributed by atoms with E-state index in [4.69, 9.17) is 40.1 Å². The molecule has 0 N–H and O–H groups in total. The van der Waals surface area contributed by atoms with Gasteiger partial charge in [0.05, 0.1) is 33.6 Å². The van der Waals surface area contributed by atoms with Crippen molar-refractivity contribution in [2.45, 2.75) is 6.92 Å². The van der Waals surface area contributed by atoms with Gasteiger partial charge in [-0.1, -0.05) is 46.9 Å². The second kappa shape index (κ2) is 10.5. The lowest BCUT2D eigenvalue weighted by Gasteiger charge is -2.36. The molecule has 0 radical (unpaired) electrons. The molecule has 1 amide bonds. The third-order valence-electron chi connectivity index (χ3n) is 6.70. The Labute approximate surface area is 231 Å². The average Bonchev–Trinajstić information content (AvgIpc) is 3.25. The van der Waals surface area contributed by atoms with Crippen molar-refractivity contribution in [1.82, 2.24) is 9.47 Å². The first-order chi connectivity index (χ1) is 17.9. The van der Waals surface area contributed by atoms with Gasteiger partial charge in [-0.2, -0.15) is 5.26 Å². The SMILES string of the molecule is Cc1c(C(=O)N2CCN(c3ccc(C#N)cc3)CC2)cc(-c2ccc(Cl)cc2)n1-c1ccc(Cl)cc1Cl.